The molecule has 0 amide bonds. The Morgan fingerprint density at radius 3 is 2.38 bits per heavy atom. The lowest BCUT2D eigenvalue weighted by atomic mass is 10.0. The predicted octanol–water partition coefficient (Wildman–Crippen LogP) is 5.22. The predicted molar refractivity (Wildman–Crippen MR) is 117 cm³/mol. The molecule has 6 heteroatoms. The average molecular weight is 399 g/mol. The zero-order valence-electron chi connectivity index (χ0n) is 15.9. The first-order valence-corrected chi connectivity index (χ1v) is 9.81. The van der Waals surface area contributed by atoms with Crippen LogP contribution in [0.4, 0.5) is 0 Å². The van der Waals surface area contributed by atoms with E-state index in [1.54, 1.807) is 12.1 Å². The zero-order chi connectivity index (χ0) is 20.5. The van der Waals surface area contributed by atoms with Gasteiger partial charge in [0.2, 0.25) is 0 Å². The Balaban J connectivity index is 1.79. The Kier molecular flexibility index (Phi) is 4.75. The number of aromatic nitrogens is 2. The van der Waals surface area contributed by atoms with Crippen LogP contribution >= 0.6 is 11.3 Å². The Labute approximate surface area is 171 Å². The molecule has 0 saturated heterocycles. The average Bonchev–Trinajstić information content (AvgIpc) is 3.03. The molecule has 29 heavy (non-hydrogen) atoms. The number of H-pyrrole nitrogens is 1. The molecule has 2 N–H and O–H groups in total. The van der Waals surface area contributed by atoms with E-state index in [1.165, 1.54) is 11.3 Å². The van der Waals surface area contributed by atoms with Crippen LogP contribution in [-0.2, 0) is 0 Å². The number of hydrogen-bond donors (Lipinski definition) is 2. The van der Waals surface area contributed by atoms with Gasteiger partial charge in [-0.2, -0.15) is 5.26 Å². The molecule has 0 radical (unpaired) electrons. The third-order valence-corrected chi connectivity index (χ3v) is 5.99. The number of aryl methyl sites for hydroxylation is 2. The molecule has 0 aliphatic rings. The number of rotatable bonds is 3. The minimum atomic E-state index is -0.313. The Morgan fingerprint density at radius 2 is 1.72 bits per heavy atom. The van der Waals surface area contributed by atoms with Crippen molar-refractivity contribution in [2.24, 2.45) is 0 Å². The van der Waals surface area contributed by atoms with E-state index in [4.69, 9.17) is 0 Å². The summed E-state index contributed by atoms with van der Waals surface area (Å²) in [5.74, 6) is -0.157. The minimum Gasteiger partial charge on any atom is -0.506 e. The van der Waals surface area contributed by atoms with Crippen molar-refractivity contribution < 1.29 is 5.11 Å². The second-order valence-corrected chi connectivity index (χ2v) is 7.86. The van der Waals surface area contributed by atoms with Crippen LogP contribution in [0, 0.1) is 25.2 Å². The summed E-state index contributed by atoms with van der Waals surface area (Å²) in [6.45, 7) is 3.80. The molecular formula is C23H17N3O2S. The Morgan fingerprint density at radius 1 is 1.07 bits per heavy atom. The summed E-state index contributed by atoms with van der Waals surface area (Å²) in [6, 6.07) is 19.1. The Hall–Kier alpha value is -3.69. The normalized spacial score (nSPS) is 11.9. The lowest BCUT2D eigenvalue weighted by Crippen LogP contribution is -2.11. The highest BCUT2D eigenvalue weighted by Gasteiger charge is 2.17. The van der Waals surface area contributed by atoms with Crippen LogP contribution < -0.4 is 5.56 Å². The summed E-state index contributed by atoms with van der Waals surface area (Å²) in [6.07, 6.45) is 0. The third kappa shape index (κ3) is 3.33. The maximum absolute atomic E-state index is 12.5. The van der Waals surface area contributed by atoms with E-state index in [0.717, 1.165) is 21.6 Å². The van der Waals surface area contributed by atoms with E-state index in [-0.39, 0.29) is 22.7 Å². The fraction of sp³-hybridized carbons (Fsp3) is 0.0870. The molecule has 0 fully saturated rings. The summed E-state index contributed by atoms with van der Waals surface area (Å²) >= 11 is 1.40. The van der Waals surface area contributed by atoms with Crippen LogP contribution in [0.2, 0.25) is 0 Å². The van der Waals surface area contributed by atoms with Gasteiger partial charge in [0.05, 0.1) is 5.39 Å². The van der Waals surface area contributed by atoms with Gasteiger partial charge in [0, 0.05) is 10.4 Å². The van der Waals surface area contributed by atoms with E-state index < -0.39 is 0 Å². The lowest BCUT2D eigenvalue weighted by Gasteiger charge is -2.07. The molecule has 0 atom stereocenters. The number of aliphatic hydroxyl groups is 1. The number of hydrogen-bond acceptors (Lipinski definition) is 5. The van der Waals surface area contributed by atoms with Crippen molar-refractivity contribution >= 4 is 32.9 Å². The number of thiophene rings is 1. The molecule has 2 heterocycles. The van der Waals surface area contributed by atoms with Crippen LogP contribution in [0.15, 0.2) is 59.4 Å². The van der Waals surface area contributed by atoms with Gasteiger partial charge < -0.3 is 10.1 Å². The molecule has 0 aliphatic carbocycles. The summed E-state index contributed by atoms with van der Waals surface area (Å²) < 4.78 is 0. The van der Waals surface area contributed by atoms with E-state index in [0.29, 0.717) is 15.8 Å². The molecule has 5 nitrogen and oxygen atoms in total. The standard InChI is InChI=1S/C23H17N3O2S/c1-13-14(2)29-23-19(13)22(28)25-21(26-23)18(12-24)20(27)17-10-8-16(9-11-17)15-6-4-3-5-7-15/h3-11,27H,1-2H3,(H,25,26,28)/b20-18-. The molecular weight excluding hydrogens is 382 g/mol. The maximum Gasteiger partial charge on any atom is 0.260 e. The van der Waals surface area contributed by atoms with Gasteiger partial charge in [-0.05, 0) is 30.5 Å². The number of nitriles is 1. The first kappa shape index (κ1) is 18.7. The van der Waals surface area contributed by atoms with Crippen molar-refractivity contribution in [2.45, 2.75) is 13.8 Å². The molecule has 142 valence electrons. The van der Waals surface area contributed by atoms with Crippen LogP contribution in [0.3, 0.4) is 0 Å². The van der Waals surface area contributed by atoms with E-state index >= 15 is 0 Å². The second kappa shape index (κ2) is 7.38. The summed E-state index contributed by atoms with van der Waals surface area (Å²) in [4.78, 5) is 21.1. The van der Waals surface area contributed by atoms with Crippen molar-refractivity contribution in [2.75, 3.05) is 0 Å². The number of benzene rings is 2. The number of aromatic amines is 1. The van der Waals surface area contributed by atoms with Gasteiger partial charge in [-0.3, -0.25) is 4.79 Å². The van der Waals surface area contributed by atoms with Gasteiger partial charge >= 0.3 is 0 Å². The molecule has 0 bridgehead atoms. The van der Waals surface area contributed by atoms with E-state index in [2.05, 4.69) is 9.97 Å². The maximum atomic E-state index is 12.5. The quantitative estimate of drug-likeness (QED) is 0.365. The molecule has 0 spiro atoms. The summed E-state index contributed by atoms with van der Waals surface area (Å²) in [7, 11) is 0. The highest BCUT2D eigenvalue weighted by molar-refractivity contribution is 7.18. The van der Waals surface area contributed by atoms with Crippen LogP contribution in [0.25, 0.3) is 32.7 Å². The number of nitrogens with one attached hydrogen (secondary N) is 1. The molecule has 2 aromatic carbocycles. The molecule has 0 aliphatic heterocycles. The highest BCUT2D eigenvalue weighted by atomic mass is 32.1. The Bertz CT molecular complexity index is 1340. The number of allylic oxidation sites excluding steroid dienone is 1. The minimum absolute atomic E-state index is 0.0656. The van der Waals surface area contributed by atoms with E-state index in [9.17, 15) is 15.2 Å². The van der Waals surface area contributed by atoms with E-state index in [1.807, 2.05) is 62.4 Å². The fourth-order valence-electron chi connectivity index (χ4n) is 3.19. The molecule has 4 aromatic rings. The van der Waals surface area contributed by atoms with Crippen molar-refractivity contribution in [3.05, 3.63) is 86.8 Å². The molecule has 2 aromatic heterocycles. The smallest absolute Gasteiger partial charge is 0.260 e. The highest BCUT2D eigenvalue weighted by Crippen LogP contribution is 2.29. The summed E-state index contributed by atoms with van der Waals surface area (Å²) in [5, 5.41) is 20.9. The van der Waals surface area contributed by atoms with Crippen molar-refractivity contribution in [3.63, 3.8) is 0 Å². The third-order valence-electron chi connectivity index (χ3n) is 4.89. The van der Waals surface area contributed by atoms with Crippen molar-refractivity contribution in [3.8, 4) is 17.2 Å². The van der Waals surface area contributed by atoms with Crippen molar-refractivity contribution in [1.29, 1.82) is 5.26 Å². The molecule has 0 unspecified atom stereocenters. The fourth-order valence-corrected chi connectivity index (χ4v) is 4.22. The number of nitrogens with zero attached hydrogens (tertiary/aromatic N) is 2. The largest absolute Gasteiger partial charge is 0.506 e. The molecule has 0 saturated carbocycles. The SMILES string of the molecule is Cc1sc2nc(/C(C#N)=C(\O)c3ccc(-c4ccccc4)cc3)[nH]c(=O)c2c1C. The van der Waals surface area contributed by atoms with Crippen LogP contribution in [0.5, 0.6) is 0 Å². The van der Waals surface area contributed by atoms with Crippen LogP contribution in [-0.4, -0.2) is 15.1 Å². The first-order valence-electron chi connectivity index (χ1n) is 8.99. The summed E-state index contributed by atoms with van der Waals surface area (Å²) in [5.41, 5.74) is 3.03. The van der Waals surface area contributed by atoms with Gasteiger partial charge in [-0.15, -0.1) is 11.3 Å². The topological polar surface area (TPSA) is 89.8 Å². The first-order chi connectivity index (χ1) is 14.0. The van der Waals surface area contributed by atoms with Gasteiger partial charge in [-0.25, -0.2) is 4.98 Å². The lowest BCUT2D eigenvalue weighted by molar-refractivity contribution is 0.514. The van der Waals surface area contributed by atoms with Gasteiger partial charge in [0.15, 0.2) is 5.82 Å². The van der Waals surface area contributed by atoms with Gasteiger partial charge in [0.1, 0.15) is 22.2 Å². The van der Waals surface area contributed by atoms with Gasteiger partial charge in [0.25, 0.3) is 5.56 Å². The van der Waals surface area contributed by atoms with Crippen LogP contribution in [0.1, 0.15) is 21.8 Å². The number of fused-ring (bicyclic) bond motifs is 1. The monoisotopic (exact) mass is 399 g/mol. The zero-order valence-corrected chi connectivity index (χ0v) is 16.7. The van der Waals surface area contributed by atoms with Crippen molar-refractivity contribution in [1.82, 2.24) is 9.97 Å². The molecule has 4 rings (SSSR count). The van der Waals surface area contributed by atoms with Gasteiger partial charge in [-0.1, -0.05) is 54.6 Å². The second-order valence-electron chi connectivity index (χ2n) is 6.66. The number of aliphatic hydroxyl groups excluding tert-OH is 1.